The molecule has 0 aromatic carbocycles. The second-order valence-electron chi connectivity index (χ2n) is 6.52. The summed E-state index contributed by atoms with van der Waals surface area (Å²) >= 11 is 0. The predicted octanol–water partition coefficient (Wildman–Crippen LogP) is 2.28. The van der Waals surface area contributed by atoms with E-state index < -0.39 is 0 Å². The molecule has 1 heterocycles. The second kappa shape index (κ2) is 7.41. The van der Waals surface area contributed by atoms with Crippen molar-refractivity contribution in [3.63, 3.8) is 0 Å². The second-order valence-corrected chi connectivity index (χ2v) is 6.52. The van der Waals surface area contributed by atoms with E-state index in [2.05, 4.69) is 4.90 Å². The average Bonchev–Trinajstić information content (AvgIpc) is 2.49. The first-order valence-electron chi connectivity index (χ1n) is 8.16. The van der Waals surface area contributed by atoms with Gasteiger partial charge in [-0.3, -0.25) is 9.69 Å². The van der Waals surface area contributed by atoms with Gasteiger partial charge in [0.1, 0.15) is 6.61 Å². The summed E-state index contributed by atoms with van der Waals surface area (Å²) in [4.78, 5) is 16.6. The van der Waals surface area contributed by atoms with E-state index in [0.29, 0.717) is 0 Å². The maximum Gasteiger partial charge on any atom is 0.248 e. The van der Waals surface area contributed by atoms with Gasteiger partial charge in [0, 0.05) is 26.2 Å². The Morgan fingerprint density at radius 1 is 1.10 bits per heavy atom. The van der Waals surface area contributed by atoms with Crippen molar-refractivity contribution in [2.45, 2.75) is 56.9 Å². The van der Waals surface area contributed by atoms with E-state index in [4.69, 9.17) is 4.74 Å². The van der Waals surface area contributed by atoms with Crippen LogP contribution in [0, 0.1) is 0 Å². The van der Waals surface area contributed by atoms with Crippen LogP contribution in [-0.2, 0) is 9.53 Å². The molecule has 0 unspecified atom stereocenters. The number of rotatable bonds is 5. The van der Waals surface area contributed by atoms with Gasteiger partial charge in [-0.1, -0.05) is 25.7 Å². The van der Waals surface area contributed by atoms with Crippen LogP contribution < -0.4 is 0 Å². The first kappa shape index (κ1) is 15.8. The molecular formula is C16H30N2O2. The summed E-state index contributed by atoms with van der Waals surface area (Å²) in [5, 5.41) is 0. The van der Waals surface area contributed by atoms with Crippen LogP contribution in [0.5, 0.6) is 0 Å². The Balaban J connectivity index is 2.04. The molecule has 1 amide bonds. The van der Waals surface area contributed by atoms with E-state index in [1.165, 1.54) is 64.5 Å². The van der Waals surface area contributed by atoms with Crippen molar-refractivity contribution in [1.29, 1.82) is 0 Å². The number of likely N-dealkylation sites (tertiary alicyclic amines) is 1. The number of nitrogens with zero attached hydrogens (tertiary/aromatic N) is 2. The zero-order valence-corrected chi connectivity index (χ0v) is 13.2. The number of piperidine rings is 1. The van der Waals surface area contributed by atoms with Crippen molar-refractivity contribution in [2.24, 2.45) is 0 Å². The maximum atomic E-state index is 12.0. The summed E-state index contributed by atoms with van der Waals surface area (Å²) in [5.74, 6) is 0.106. The highest BCUT2D eigenvalue weighted by Crippen LogP contribution is 2.36. The van der Waals surface area contributed by atoms with E-state index in [1.54, 1.807) is 7.11 Å². The van der Waals surface area contributed by atoms with Crippen LogP contribution in [0.25, 0.3) is 0 Å². The van der Waals surface area contributed by atoms with Crippen LogP contribution in [0.3, 0.4) is 0 Å². The van der Waals surface area contributed by atoms with Crippen molar-refractivity contribution in [2.75, 3.05) is 40.4 Å². The fraction of sp³-hybridized carbons (Fsp3) is 0.938. The zero-order chi connectivity index (χ0) is 14.4. The highest BCUT2D eigenvalue weighted by Gasteiger charge is 2.39. The quantitative estimate of drug-likeness (QED) is 0.775. The van der Waals surface area contributed by atoms with E-state index in [1.807, 2.05) is 11.9 Å². The fourth-order valence-electron chi connectivity index (χ4n) is 3.92. The number of hydrogen-bond acceptors (Lipinski definition) is 3. The van der Waals surface area contributed by atoms with Crippen molar-refractivity contribution in [3.8, 4) is 0 Å². The molecule has 0 atom stereocenters. The lowest BCUT2D eigenvalue weighted by atomic mass is 9.78. The summed E-state index contributed by atoms with van der Waals surface area (Å²) in [7, 11) is 3.52. The Bertz CT molecular complexity index is 308. The Morgan fingerprint density at radius 3 is 2.30 bits per heavy atom. The molecule has 2 fully saturated rings. The molecule has 4 nitrogen and oxygen atoms in total. The van der Waals surface area contributed by atoms with Crippen LogP contribution in [0.2, 0.25) is 0 Å². The molecule has 2 aliphatic rings. The van der Waals surface area contributed by atoms with Gasteiger partial charge in [-0.05, 0) is 38.8 Å². The molecule has 1 aliphatic heterocycles. The Kier molecular flexibility index (Phi) is 5.85. The monoisotopic (exact) mass is 282 g/mol. The SMILES string of the molecule is COCC(=O)N(C)CC1(N2CCCCC2)CCCCC1. The minimum atomic E-state index is 0.106. The van der Waals surface area contributed by atoms with Gasteiger partial charge >= 0.3 is 0 Å². The summed E-state index contributed by atoms with van der Waals surface area (Å²) in [6, 6.07) is 0. The predicted molar refractivity (Wildman–Crippen MR) is 80.8 cm³/mol. The van der Waals surface area contributed by atoms with Gasteiger partial charge < -0.3 is 9.64 Å². The molecule has 1 aliphatic carbocycles. The first-order valence-corrected chi connectivity index (χ1v) is 8.16. The molecule has 0 bridgehead atoms. The molecule has 116 valence electrons. The van der Waals surface area contributed by atoms with Crippen molar-refractivity contribution in [3.05, 3.63) is 0 Å². The third-order valence-electron chi connectivity index (χ3n) is 5.04. The van der Waals surface area contributed by atoms with E-state index in [0.717, 1.165) is 6.54 Å². The van der Waals surface area contributed by atoms with E-state index >= 15 is 0 Å². The van der Waals surface area contributed by atoms with Crippen LogP contribution in [0.4, 0.5) is 0 Å². The van der Waals surface area contributed by atoms with Crippen LogP contribution >= 0.6 is 0 Å². The number of carbonyl (C=O) groups is 1. The normalized spacial score (nSPS) is 23.5. The number of amides is 1. The number of carbonyl (C=O) groups excluding carboxylic acids is 1. The van der Waals surface area contributed by atoms with Crippen LogP contribution in [-0.4, -0.2) is 61.6 Å². The van der Waals surface area contributed by atoms with Gasteiger partial charge in [0.15, 0.2) is 0 Å². The molecule has 0 aromatic heterocycles. The summed E-state index contributed by atoms with van der Waals surface area (Å²) < 4.78 is 4.99. The largest absolute Gasteiger partial charge is 0.375 e. The van der Waals surface area contributed by atoms with Gasteiger partial charge in [0.2, 0.25) is 5.91 Å². The van der Waals surface area contributed by atoms with Crippen LogP contribution in [0.1, 0.15) is 51.4 Å². The molecule has 0 spiro atoms. The molecule has 4 heteroatoms. The zero-order valence-electron chi connectivity index (χ0n) is 13.2. The Hall–Kier alpha value is -0.610. The lowest BCUT2D eigenvalue weighted by Gasteiger charge is -2.49. The first-order chi connectivity index (χ1) is 9.68. The fourth-order valence-corrected chi connectivity index (χ4v) is 3.92. The van der Waals surface area contributed by atoms with Gasteiger partial charge in [-0.2, -0.15) is 0 Å². The maximum absolute atomic E-state index is 12.0. The van der Waals surface area contributed by atoms with Crippen molar-refractivity contribution >= 4 is 5.91 Å². The summed E-state index contributed by atoms with van der Waals surface area (Å²) in [5.41, 5.74) is 0.233. The minimum absolute atomic E-state index is 0.106. The summed E-state index contributed by atoms with van der Waals surface area (Å²) in [6.07, 6.45) is 10.5. The Morgan fingerprint density at radius 2 is 1.70 bits per heavy atom. The highest BCUT2D eigenvalue weighted by molar-refractivity contribution is 5.77. The van der Waals surface area contributed by atoms with Crippen molar-refractivity contribution < 1.29 is 9.53 Å². The van der Waals surface area contributed by atoms with Crippen molar-refractivity contribution in [1.82, 2.24) is 9.80 Å². The third-order valence-corrected chi connectivity index (χ3v) is 5.04. The van der Waals surface area contributed by atoms with Gasteiger partial charge in [0.05, 0.1) is 0 Å². The molecule has 0 aromatic rings. The minimum Gasteiger partial charge on any atom is -0.375 e. The number of hydrogen-bond donors (Lipinski definition) is 0. The van der Waals surface area contributed by atoms with E-state index in [-0.39, 0.29) is 18.1 Å². The number of methoxy groups -OCH3 is 1. The lowest BCUT2D eigenvalue weighted by molar-refractivity contribution is -0.136. The summed E-state index contributed by atoms with van der Waals surface area (Å²) in [6.45, 7) is 3.50. The van der Waals surface area contributed by atoms with Gasteiger partial charge in [-0.15, -0.1) is 0 Å². The number of likely N-dealkylation sites (N-methyl/N-ethyl adjacent to an activating group) is 1. The molecule has 2 rings (SSSR count). The van der Waals surface area contributed by atoms with Crippen LogP contribution in [0.15, 0.2) is 0 Å². The van der Waals surface area contributed by atoms with Gasteiger partial charge in [-0.25, -0.2) is 0 Å². The average molecular weight is 282 g/mol. The third kappa shape index (κ3) is 3.73. The standard InChI is InChI=1S/C16H30N2O2/c1-17(15(19)13-20-2)14-16(9-5-3-6-10-16)18-11-7-4-8-12-18/h3-14H2,1-2H3. The topological polar surface area (TPSA) is 32.8 Å². The molecular weight excluding hydrogens is 252 g/mol. The number of ether oxygens (including phenoxy) is 1. The molecule has 20 heavy (non-hydrogen) atoms. The molecule has 1 saturated carbocycles. The highest BCUT2D eigenvalue weighted by atomic mass is 16.5. The smallest absolute Gasteiger partial charge is 0.248 e. The van der Waals surface area contributed by atoms with Gasteiger partial charge in [0.25, 0.3) is 0 Å². The molecule has 1 saturated heterocycles. The lowest BCUT2D eigenvalue weighted by Crippen LogP contribution is -2.58. The van der Waals surface area contributed by atoms with E-state index in [9.17, 15) is 4.79 Å². The molecule has 0 N–H and O–H groups in total. The Labute approximate surface area is 123 Å². The molecule has 0 radical (unpaired) electrons.